The summed E-state index contributed by atoms with van der Waals surface area (Å²) in [4.78, 5) is 48.3. The summed E-state index contributed by atoms with van der Waals surface area (Å²) < 4.78 is 5.26. The molecule has 3 atom stereocenters. The fourth-order valence-electron chi connectivity index (χ4n) is 3.50. The van der Waals surface area contributed by atoms with Crippen LogP contribution in [0.25, 0.3) is 0 Å². The van der Waals surface area contributed by atoms with Gasteiger partial charge >= 0.3 is 5.97 Å². The summed E-state index contributed by atoms with van der Waals surface area (Å²) in [5, 5.41) is 25.8. The smallest absolute Gasteiger partial charge is 0.326 e. The summed E-state index contributed by atoms with van der Waals surface area (Å²) in [5.41, 5.74) is -0.170. The molecule has 0 aliphatic rings. The van der Waals surface area contributed by atoms with Crippen molar-refractivity contribution < 1.29 is 29.2 Å². The lowest BCUT2D eigenvalue weighted by molar-refractivity contribution is -0.486. The summed E-state index contributed by atoms with van der Waals surface area (Å²) in [6.07, 6.45) is 0.268. The summed E-state index contributed by atoms with van der Waals surface area (Å²) in [6, 6.07) is 4.53. The highest BCUT2D eigenvalue weighted by Gasteiger charge is 2.37. The zero-order valence-corrected chi connectivity index (χ0v) is 20.1. The molecule has 1 aromatic rings. The molecule has 0 fully saturated rings. The molecule has 0 aliphatic heterocycles. The van der Waals surface area contributed by atoms with Crippen LogP contribution in [-0.2, 0) is 20.8 Å². The SMILES string of the molecule is COc1ccccc1C[C@@H](NC(=O)[C@@H](NC(=O)[C@H](CC(C)C)C[N+](=O)[O-])C(C)(C)C)C(=O)O. The van der Waals surface area contributed by atoms with E-state index in [9.17, 15) is 29.6 Å². The molecule has 0 unspecified atom stereocenters. The number of aliphatic carboxylic acids is 1. The Morgan fingerprint density at radius 2 is 1.73 bits per heavy atom. The second-order valence-corrected chi connectivity index (χ2v) is 9.56. The maximum absolute atomic E-state index is 13.1. The number of nitro groups is 1. The van der Waals surface area contributed by atoms with Gasteiger partial charge in [-0.2, -0.15) is 0 Å². The Morgan fingerprint density at radius 1 is 1.12 bits per heavy atom. The molecule has 0 saturated carbocycles. The highest BCUT2D eigenvalue weighted by Crippen LogP contribution is 2.23. The number of ether oxygens (including phenoxy) is 1. The molecule has 0 aliphatic carbocycles. The summed E-state index contributed by atoms with van der Waals surface area (Å²) in [7, 11) is 1.47. The molecule has 1 rings (SSSR count). The summed E-state index contributed by atoms with van der Waals surface area (Å²) >= 11 is 0. The molecular formula is C23H35N3O7. The molecule has 0 heterocycles. The first kappa shape index (κ1) is 27.9. The Kier molecular flexibility index (Phi) is 10.3. The first-order valence-corrected chi connectivity index (χ1v) is 10.8. The van der Waals surface area contributed by atoms with Gasteiger partial charge in [0.15, 0.2) is 0 Å². The van der Waals surface area contributed by atoms with E-state index in [1.807, 2.05) is 13.8 Å². The number of methoxy groups -OCH3 is 1. The number of hydrogen-bond donors (Lipinski definition) is 3. The molecule has 2 amide bonds. The maximum Gasteiger partial charge on any atom is 0.326 e. The number of amides is 2. The van der Waals surface area contributed by atoms with Crippen LogP contribution in [0.3, 0.4) is 0 Å². The van der Waals surface area contributed by atoms with Crippen molar-refractivity contribution in [2.45, 2.75) is 59.5 Å². The highest BCUT2D eigenvalue weighted by atomic mass is 16.6. The molecule has 3 N–H and O–H groups in total. The fraction of sp³-hybridized carbons (Fsp3) is 0.609. The van der Waals surface area contributed by atoms with Gasteiger partial charge in [0.25, 0.3) is 0 Å². The number of nitrogens with one attached hydrogen (secondary N) is 2. The molecular weight excluding hydrogens is 430 g/mol. The minimum absolute atomic E-state index is 0.0206. The number of carbonyl (C=O) groups excluding carboxylic acids is 2. The minimum atomic E-state index is -1.26. The Labute approximate surface area is 194 Å². The Hall–Kier alpha value is -3.17. The van der Waals surface area contributed by atoms with Gasteiger partial charge in [-0.15, -0.1) is 0 Å². The van der Waals surface area contributed by atoms with E-state index in [4.69, 9.17) is 4.74 Å². The zero-order chi connectivity index (χ0) is 25.3. The lowest BCUT2D eigenvalue weighted by Gasteiger charge is -2.32. The van der Waals surface area contributed by atoms with E-state index < -0.39 is 52.7 Å². The number of hydrogen-bond acceptors (Lipinski definition) is 6. The van der Waals surface area contributed by atoms with Crippen LogP contribution in [0.1, 0.15) is 46.6 Å². The average molecular weight is 466 g/mol. The Morgan fingerprint density at radius 3 is 2.21 bits per heavy atom. The van der Waals surface area contributed by atoms with Gasteiger partial charge in [0.05, 0.1) is 7.11 Å². The third kappa shape index (κ3) is 9.07. The van der Waals surface area contributed by atoms with Crippen LogP contribution in [0.4, 0.5) is 0 Å². The van der Waals surface area contributed by atoms with Gasteiger partial charge in [0, 0.05) is 11.3 Å². The Bertz CT molecular complexity index is 849. The number of carboxylic acid groups (broad SMARTS) is 1. The molecule has 10 heteroatoms. The van der Waals surface area contributed by atoms with Crippen molar-refractivity contribution in [1.82, 2.24) is 10.6 Å². The van der Waals surface area contributed by atoms with Crippen LogP contribution in [0.2, 0.25) is 0 Å². The van der Waals surface area contributed by atoms with Gasteiger partial charge in [0.1, 0.15) is 23.8 Å². The summed E-state index contributed by atoms with van der Waals surface area (Å²) in [6.45, 7) is 8.32. The van der Waals surface area contributed by atoms with Crippen LogP contribution in [-0.4, -0.2) is 53.6 Å². The van der Waals surface area contributed by atoms with Gasteiger partial charge in [-0.25, -0.2) is 4.79 Å². The van der Waals surface area contributed by atoms with Crippen molar-refractivity contribution in [3.63, 3.8) is 0 Å². The number of nitrogens with zero attached hydrogens (tertiary/aromatic N) is 1. The number of rotatable bonds is 12. The van der Waals surface area contributed by atoms with Gasteiger partial charge in [-0.1, -0.05) is 52.8 Å². The molecule has 10 nitrogen and oxygen atoms in total. The minimum Gasteiger partial charge on any atom is -0.496 e. The van der Waals surface area contributed by atoms with Crippen molar-refractivity contribution in [2.24, 2.45) is 17.3 Å². The van der Waals surface area contributed by atoms with Crippen LogP contribution >= 0.6 is 0 Å². The van der Waals surface area contributed by atoms with E-state index >= 15 is 0 Å². The number of carbonyl (C=O) groups is 3. The summed E-state index contributed by atoms with van der Waals surface area (Å²) in [5.74, 6) is -2.88. The van der Waals surface area contributed by atoms with Gasteiger partial charge in [0.2, 0.25) is 18.4 Å². The zero-order valence-electron chi connectivity index (χ0n) is 20.1. The van der Waals surface area contributed by atoms with Gasteiger partial charge in [-0.3, -0.25) is 19.7 Å². The second-order valence-electron chi connectivity index (χ2n) is 9.56. The molecule has 0 radical (unpaired) electrons. The molecule has 0 saturated heterocycles. The molecule has 184 valence electrons. The topological polar surface area (TPSA) is 148 Å². The largest absolute Gasteiger partial charge is 0.496 e. The maximum atomic E-state index is 13.1. The molecule has 0 bridgehead atoms. The van der Waals surface area contributed by atoms with E-state index in [-0.39, 0.29) is 18.8 Å². The molecule has 0 aromatic heterocycles. The number of para-hydroxylation sites is 1. The third-order valence-corrected chi connectivity index (χ3v) is 5.14. The Balaban J connectivity index is 3.08. The van der Waals surface area contributed by atoms with Gasteiger partial charge in [-0.05, 0) is 29.4 Å². The van der Waals surface area contributed by atoms with E-state index in [1.54, 1.807) is 45.0 Å². The van der Waals surface area contributed by atoms with Crippen molar-refractivity contribution in [2.75, 3.05) is 13.7 Å². The van der Waals surface area contributed by atoms with Crippen LogP contribution in [0.15, 0.2) is 24.3 Å². The quantitative estimate of drug-likeness (QED) is 0.317. The number of carboxylic acids is 1. The average Bonchev–Trinajstić information content (AvgIpc) is 2.69. The first-order valence-electron chi connectivity index (χ1n) is 10.8. The highest BCUT2D eigenvalue weighted by molar-refractivity contribution is 5.91. The van der Waals surface area contributed by atoms with Crippen LogP contribution in [0, 0.1) is 27.4 Å². The lowest BCUT2D eigenvalue weighted by atomic mass is 9.85. The van der Waals surface area contributed by atoms with E-state index in [0.717, 1.165) is 0 Å². The molecule has 0 spiro atoms. The predicted molar refractivity (Wildman–Crippen MR) is 122 cm³/mol. The van der Waals surface area contributed by atoms with Crippen molar-refractivity contribution in [1.29, 1.82) is 0 Å². The van der Waals surface area contributed by atoms with Crippen molar-refractivity contribution >= 4 is 17.8 Å². The van der Waals surface area contributed by atoms with Crippen molar-refractivity contribution in [3.05, 3.63) is 39.9 Å². The standard InChI is InChI=1S/C23H35N3O7/c1-14(2)11-16(13-26(31)32)20(27)25-19(23(3,4)5)21(28)24-17(22(29)30)12-15-9-7-8-10-18(15)33-6/h7-10,14,16-17,19H,11-13H2,1-6H3,(H,24,28)(H,25,27)(H,29,30)/t16-,17-,19-/m1/s1. The van der Waals surface area contributed by atoms with Crippen LogP contribution < -0.4 is 15.4 Å². The molecule has 1 aromatic carbocycles. The third-order valence-electron chi connectivity index (χ3n) is 5.14. The first-order chi connectivity index (χ1) is 15.3. The normalized spacial score (nSPS) is 14.2. The fourth-order valence-corrected chi connectivity index (χ4v) is 3.50. The van der Waals surface area contributed by atoms with Gasteiger partial charge < -0.3 is 20.5 Å². The molecule has 33 heavy (non-hydrogen) atoms. The monoisotopic (exact) mass is 465 g/mol. The van der Waals surface area contributed by atoms with E-state index in [2.05, 4.69) is 10.6 Å². The van der Waals surface area contributed by atoms with E-state index in [1.165, 1.54) is 7.11 Å². The number of benzene rings is 1. The lowest BCUT2D eigenvalue weighted by Crippen LogP contribution is -2.58. The van der Waals surface area contributed by atoms with Crippen LogP contribution in [0.5, 0.6) is 5.75 Å². The second kappa shape index (κ2) is 12.2. The predicted octanol–water partition coefficient (Wildman–Crippen LogP) is 2.28. The van der Waals surface area contributed by atoms with E-state index in [0.29, 0.717) is 11.3 Å². The van der Waals surface area contributed by atoms with Crippen molar-refractivity contribution in [3.8, 4) is 5.75 Å².